The molecule has 1 aromatic heterocycles. The van der Waals surface area contributed by atoms with Crippen LogP contribution in [0.25, 0.3) is 11.1 Å². The monoisotopic (exact) mass is 390 g/mol. The summed E-state index contributed by atoms with van der Waals surface area (Å²) in [5, 5.41) is 1.10. The van der Waals surface area contributed by atoms with Crippen molar-refractivity contribution in [2.45, 2.75) is 31.7 Å². The number of benzene rings is 1. The summed E-state index contributed by atoms with van der Waals surface area (Å²) in [6.07, 6.45) is 6.54. The molecule has 0 bridgehead atoms. The third-order valence-electron chi connectivity index (χ3n) is 5.56. The molecule has 0 spiro atoms. The summed E-state index contributed by atoms with van der Waals surface area (Å²) >= 11 is 13.0. The SMILES string of the molecule is CCC(=O)N1CCC2C(C1)c1c(-c3cncnc3)cc(Cl)c(Cl)c1N2C. The number of anilines is 1. The van der Waals surface area contributed by atoms with Crippen molar-refractivity contribution in [1.82, 2.24) is 14.9 Å². The molecule has 2 unspecified atom stereocenters. The zero-order valence-corrected chi connectivity index (χ0v) is 16.3. The summed E-state index contributed by atoms with van der Waals surface area (Å²) < 4.78 is 0. The lowest BCUT2D eigenvalue weighted by Crippen LogP contribution is -2.47. The third-order valence-corrected chi connectivity index (χ3v) is 6.34. The highest BCUT2D eigenvalue weighted by molar-refractivity contribution is 6.44. The van der Waals surface area contributed by atoms with E-state index < -0.39 is 0 Å². The van der Waals surface area contributed by atoms with Crippen LogP contribution in [0.15, 0.2) is 24.8 Å². The van der Waals surface area contributed by atoms with Gasteiger partial charge in [0.15, 0.2) is 0 Å². The Morgan fingerprint density at radius 2 is 2.04 bits per heavy atom. The summed E-state index contributed by atoms with van der Waals surface area (Å²) in [6.45, 7) is 3.39. The third kappa shape index (κ3) is 2.65. The van der Waals surface area contributed by atoms with Crippen LogP contribution in [-0.4, -0.2) is 47.0 Å². The fourth-order valence-corrected chi connectivity index (χ4v) is 4.82. The largest absolute Gasteiger partial charge is 0.369 e. The number of amides is 1. The van der Waals surface area contributed by atoms with Gasteiger partial charge in [-0.2, -0.15) is 0 Å². The van der Waals surface area contributed by atoms with E-state index in [9.17, 15) is 4.79 Å². The first-order chi connectivity index (χ1) is 12.5. The normalized spacial score (nSPS) is 21.5. The van der Waals surface area contributed by atoms with Gasteiger partial charge in [-0.3, -0.25) is 4.79 Å². The number of hydrogen-bond acceptors (Lipinski definition) is 4. The summed E-state index contributed by atoms with van der Waals surface area (Å²) in [7, 11) is 2.06. The van der Waals surface area contributed by atoms with Gasteiger partial charge in [-0.15, -0.1) is 0 Å². The van der Waals surface area contributed by atoms with Crippen molar-refractivity contribution in [1.29, 1.82) is 0 Å². The highest BCUT2D eigenvalue weighted by atomic mass is 35.5. The second kappa shape index (κ2) is 6.71. The van der Waals surface area contributed by atoms with Gasteiger partial charge >= 0.3 is 0 Å². The summed E-state index contributed by atoms with van der Waals surface area (Å²) in [4.78, 5) is 24.8. The average Bonchev–Trinajstić information content (AvgIpc) is 2.97. The van der Waals surface area contributed by atoms with E-state index in [2.05, 4.69) is 21.9 Å². The van der Waals surface area contributed by atoms with E-state index in [4.69, 9.17) is 23.2 Å². The molecule has 5 nitrogen and oxygen atoms in total. The molecule has 2 aromatic rings. The predicted octanol–water partition coefficient (Wildman–Crippen LogP) is 3.99. The second-order valence-electron chi connectivity index (χ2n) is 6.88. The van der Waals surface area contributed by atoms with E-state index in [1.54, 1.807) is 12.4 Å². The molecule has 26 heavy (non-hydrogen) atoms. The van der Waals surface area contributed by atoms with Crippen molar-refractivity contribution in [2.75, 3.05) is 25.0 Å². The van der Waals surface area contributed by atoms with E-state index in [1.165, 1.54) is 6.33 Å². The molecule has 1 aromatic carbocycles. The molecule has 4 rings (SSSR count). The van der Waals surface area contributed by atoms with Crippen LogP contribution < -0.4 is 4.90 Å². The summed E-state index contributed by atoms with van der Waals surface area (Å²) in [6, 6.07) is 2.21. The number of carbonyl (C=O) groups excluding carboxylic acids is 1. The van der Waals surface area contributed by atoms with Gasteiger partial charge in [0.1, 0.15) is 6.33 Å². The number of likely N-dealkylation sites (tertiary alicyclic amines) is 1. The van der Waals surface area contributed by atoms with Crippen molar-refractivity contribution in [2.24, 2.45) is 0 Å². The van der Waals surface area contributed by atoms with Crippen LogP contribution in [0.3, 0.4) is 0 Å². The van der Waals surface area contributed by atoms with Crippen LogP contribution in [0, 0.1) is 0 Å². The molecular formula is C19H20Cl2N4O. The highest BCUT2D eigenvalue weighted by Gasteiger charge is 2.44. The molecule has 1 saturated heterocycles. The van der Waals surface area contributed by atoms with Crippen LogP contribution in [0.5, 0.6) is 0 Å². The molecule has 3 heterocycles. The van der Waals surface area contributed by atoms with Gasteiger partial charge in [-0.25, -0.2) is 9.97 Å². The Bertz CT molecular complexity index is 858. The number of aromatic nitrogens is 2. The van der Waals surface area contributed by atoms with Gasteiger partial charge < -0.3 is 9.80 Å². The molecular weight excluding hydrogens is 371 g/mol. The fraction of sp³-hybridized carbons (Fsp3) is 0.421. The van der Waals surface area contributed by atoms with Gasteiger partial charge in [0.2, 0.25) is 5.91 Å². The topological polar surface area (TPSA) is 49.3 Å². The molecule has 2 aliphatic rings. The minimum absolute atomic E-state index is 0.198. The number of likely N-dealkylation sites (N-methyl/N-ethyl adjacent to an activating group) is 1. The van der Waals surface area contributed by atoms with Crippen molar-refractivity contribution in [3.8, 4) is 11.1 Å². The van der Waals surface area contributed by atoms with Crippen LogP contribution in [0.4, 0.5) is 5.69 Å². The van der Waals surface area contributed by atoms with Crippen molar-refractivity contribution in [3.05, 3.63) is 40.4 Å². The molecule has 2 aliphatic heterocycles. The molecule has 0 radical (unpaired) electrons. The van der Waals surface area contributed by atoms with Crippen molar-refractivity contribution >= 4 is 34.8 Å². The lowest BCUT2D eigenvalue weighted by molar-refractivity contribution is -0.132. The maximum atomic E-state index is 12.3. The minimum atomic E-state index is 0.198. The van der Waals surface area contributed by atoms with Crippen LogP contribution in [-0.2, 0) is 4.79 Å². The lowest BCUT2D eigenvalue weighted by atomic mass is 9.85. The molecule has 1 amide bonds. The Morgan fingerprint density at radius 3 is 2.73 bits per heavy atom. The Balaban J connectivity index is 1.87. The van der Waals surface area contributed by atoms with Crippen LogP contribution in [0.2, 0.25) is 10.0 Å². The highest BCUT2D eigenvalue weighted by Crippen LogP contribution is 2.53. The van der Waals surface area contributed by atoms with E-state index in [0.717, 1.165) is 35.3 Å². The fourth-order valence-electron chi connectivity index (χ4n) is 4.33. The maximum Gasteiger partial charge on any atom is 0.222 e. The van der Waals surface area contributed by atoms with Gasteiger partial charge in [-0.1, -0.05) is 30.1 Å². The standard InChI is InChI=1S/C19H20Cl2N4O/c1-3-16(26)25-5-4-15-13(9-25)17-12(11-7-22-10-23-8-11)6-14(20)18(21)19(17)24(15)2/h6-8,10,13,15H,3-5,9H2,1-2H3. The molecule has 136 valence electrons. The van der Waals surface area contributed by atoms with E-state index in [-0.39, 0.29) is 11.8 Å². The quantitative estimate of drug-likeness (QED) is 0.777. The molecule has 0 N–H and O–H groups in total. The van der Waals surface area contributed by atoms with Crippen molar-refractivity contribution in [3.63, 3.8) is 0 Å². The molecule has 0 aliphatic carbocycles. The first-order valence-corrected chi connectivity index (χ1v) is 9.56. The van der Waals surface area contributed by atoms with Crippen molar-refractivity contribution < 1.29 is 4.79 Å². The Labute approximate surface area is 162 Å². The van der Waals surface area contributed by atoms with Gasteiger partial charge in [0.25, 0.3) is 0 Å². The zero-order chi connectivity index (χ0) is 18.4. The lowest BCUT2D eigenvalue weighted by Gasteiger charge is -2.38. The number of halogens is 2. The molecule has 0 saturated carbocycles. The Morgan fingerprint density at radius 1 is 1.31 bits per heavy atom. The Kier molecular flexibility index (Phi) is 4.53. The molecule has 7 heteroatoms. The number of carbonyl (C=O) groups is 1. The Hall–Kier alpha value is -1.85. The van der Waals surface area contributed by atoms with Crippen LogP contribution >= 0.6 is 23.2 Å². The van der Waals surface area contributed by atoms with Crippen LogP contribution in [0.1, 0.15) is 31.2 Å². The number of hydrogen-bond donors (Lipinski definition) is 0. The number of rotatable bonds is 2. The zero-order valence-electron chi connectivity index (χ0n) is 14.7. The minimum Gasteiger partial charge on any atom is -0.369 e. The molecule has 1 fully saturated rings. The maximum absolute atomic E-state index is 12.3. The second-order valence-corrected chi connectivity index (χ2v) is 7.66. The smallest absolute Gasteiger partial charge is 0.222 e. The number of nitrogens with zero attached hydrogens (tertiary/aromatic N) is 4. The summed E-state index contributed by atoms with van der Waals surface area (Å²) in [5.74, 6) is 0.397. The summed E-state index contributed by atoms with van der Waals surface area (Å²) in [5.41, 5.74) is 4.03. The van der Waals surface area contributed by atoms with Gasteiger partial charge in [0, 0.05) is 56.5 Å². The predicted molar refractivity (Wildman–Crippen MR) is 104 cm³/mol. The van der Waals surface area contributed by atoms with E-state index >= 15 is 0 Å². The van der Waals surface area contributed by atoms with E-state index in [1.807, 2.05) is 17.9 Å². The number of piperidine rings is 1. The molecule has 2 atom stereocenters. The first-order valence-electron chi connectivity index (χ1n) is 8.80. The number of fused-ring (bicyclic) bond motifs is 3. The average molecular weight is 391 g/mol. The first kappa shape index (κ1) is 17.6. The van der Waals surface area contributed by atoms with E-state index in [0.29, 0.717) is 29.1 Å². The van der Waals surface area contributed by atoms with Gasteiger partial charge in [-0.05, 0) is 23.6 Å². The van der Waals surface area contributed by atoms with Gasteiger partial charge in [0.05, 0.1) is 15.7 Å².